The fourth-order valence-corrected chi connectivity index (χ4v) is 2.85. The molecule has 1 aliphatic heterocycles. The summed E-state index contributed by atoms with van der Waals surface area (Å²) >= 11 is 0. The van der Waals surface area contributed by atoms with Crippen molar-refractivity contribution < 1.29 is 9.53 Å². The van der Waals surface area contributed by atoms with Gasteiger partial charge in [-0.1, -0.05) is 6.92 Å². The van der Waals surface area contributed by atoms with Crippen LogP contribution in [0, 0.1) is 5.92 Å². The highest BCUT2D eigenvalue weighted by atomic mass is 16.6. The zero-order valence-corrected chi connectivity index (χ0v) is 14.7. The second-order valence-electron chi connectivity index (χ2n) is 7.24. The molecule has 7 heteroatoms. The highest BCUT2D eigenvalue weighted by Gasteiger charge is 2.33. The lowest BCUT2D eigenvalue weighted by atomic mass is 9.97. The summed E-state index contributed by atoms with van der Waals surface area (Å²) in [6.45, 7) is 9.96. The van der Waals surface area contributed by atoms with Crippen LogP contribution in [-0.2, 0) is 17.7 Å². The van der Waals surface area contributed by atoms with Crippen LogP contribution in [0.4, 0.5) is 4.79 Å². The van der Waals surface area contributed by atoms with Crippen LogP contribution in [0.2, 0.25) is 0 Å². The van der Waals surface area contributed by atoms with Crippen molar-refractivity contribution in [3.8, 4) is 0 Å². The molecule has 1 aromatic rings. The lowest BCUT2D eigenvalue weighted by molar-refractivity contribution is 0.0286. The van der Waals surface area contributed by atoms with Crippen LogP contribution < -0.4 is 5.73 Å². The van der Waals surface area contributed by atoms with E-state index in [-0.39, 0.29) is 18.1 Å². The molecule has 23 heavy (non-hydrogen) atoms. The maximum Gasteiger partial charge on any atom is 0.410 e. The predicted octanol–water partition coefficient (Wildman–Crippen LogP) is 1.81. The molecule has 2 atom stereocenters. The van der Waals surface area contributed by atoms with Crippen molar-refractivity contribution in [2.24, 2.45) is 11.7 Å². The number of hydrogen-bond acceptors (Lipinski definition) is 5. The van der Waals surface area contributed by atoms with Gasteiger partial charge in [0.15, 0.2) is 0 Å². The Morgan fingerprint density at radius 1 is 1.52 bits per heavy atom. The van der Waals surface area contributed by atoms with E-state index in [1.807, 2.05) is 25.5 Å². The van der Waals surface area contributed by atoms with Gasteiger partial charge >= 0.3 is 6.09 Å². The molecular formula is C16H29N5O2. The first kappa shape index (κ1) is 17.7. The molecule has 1 aliphatic rings. The van der Waals surface area contributed by atoms with Crippen LogP contribution in [0.5, 0.6) is 0 Å². The van der Waals surface area contributed by atoms with Crippen molar-refractivity contribution in [2.75, 3.05) is 13.1 Å². The molecule has 130 valence electrons. The van der Waals surface area contributed by atoms with Crippen molar-refractivity contribution >= 4 is 6.09 Å². The third-order valence-electron chi connectivity index (χ3n) is 4.03. The van der Waals surface area contributed by atoms with E-state index in [4.69, 9.17) is 10.5 Å². The molecule has 0 aliphatic carbocycles. The average Bonchev–Trinajstić information content (AvgIpc) is 3.07. The van der Waals surface area contributed by atoms with E-state index >= 15 is 0 Å². The lowest BCUT2D eigenvalue weighted by Gasteiger charge is -2.25. The molecule has 2 heterocycles. The van der Waals surface area contributed by atoms with Crippen molar-refractivity contribution in [1.82, 2.24) is 19.7 Å². The first-order chi connectivity index (χ1) is 10.8. The average molecular weight is 323 g/mol. The quantitative estimate of drug-likeness (QED) is 0.893. The number of likely N-dealkylation sites (tertiary alicyclic amines) is 1. The van der Waals surface area contributed by atoms with Gasteiger partial charge in [-0.3, -0.25) is 4.68 Å². The van der Waals surface area contributed by atoms with Crippen molar-refractivity contribution in [3.63, 3.8) is 0 Å². The van der Waals surface area contributed by atoms with Crippen LogP contribution >= 0.6 is 0 Å². The van der Waals surface area contributed by atoms with Crippen LogP contribution in [0.3, 0.4) is 0 Å². The maximum atomic E-state index is 12.1. The van der Waals surface area contributed by atoms with Gasteiger partial charge in [-0.2, -0.15) is 5.10 Å². The zero-order chi connectivity index (χ0) is 17.0. The second kappa shape index (κ2) is 7.29. The Hall–Kier alpha value is -1.63. The number of aromatic nitrogens is 3. The van der Waals surface area contributed by atoms with E-state index in [2.05, 4.69) is 17.0 Å². The van der Waals surface area contributed by atoms with Gasteiger partial charge in [0.05, 0.1) is 0 Å². The Morgan fingerprint density at radius 3 is 2.91 bits per heavy atom. The van der Waals surface area contributed by atoms with Gasteiger partial charge in [0.1, 0.15) is 17.8 Å². The Kier molecular flexibility index (Phi) is 5.62. The smallest absolute Gasteiger partial charge is 0.410 e. The number of amides is 1. The summed E-state index contributed by atoms with van der Waals surface area (Å²) in [5.74, 6) is 1.20. The number of carbonyl (C=O) groups is 1. The van der Waals surface area contributed by atoms with Gasteiger partial charge in [0, 0.05) is 32.1 Å². The minimum atomic E-state index is -0.464. The molecule has 2 rings (SSSR count). The van der Waals surface area contributed by atoms with Gasteiger partial charge in [-0.05, 0) is 39.5 Å². The van der Waals surface area contributed by atoms with Gasteiger partial charge in [0.25, 0.3) is 0 Å². The molecule has 7 nitrogen and oxygen atoms in total. The van der Waals surface area contributed by atoms with E-state index in [1.54, 1.807) is 11.2 Å². The Labute approximate surface area is 138 Å². The Morgan fingerprint density at radius 2 is 2.26 bits per heavy atom. The minimum Gasteiger partial charge on any atom is -0.444 e. The number of nitrogens with zero attached hydrogens (tertiary/aromatic N) is 4. The highest BCUT2D eigenvalue weighted by molar-refractivity contribution is 5.68. The number of nitrogens with two attached hydrogens (primary N) is 1. The maximum absolute atomic E-state index is 12.1. The third kappa shape index (κ3) is 4.92. The molecule has 1 amide bonds. The van der Waals surface area contributed by atoms with E-state index < -0.39 is 5.60 Å². The number of rotatable bonds is 5. The minimum absolute atomic E-state index is 0.0257. The lowest BCUT2D eigenvalue weighted by Crippen LogP contribution is -2.38. The van der Waals surface area contributed by atoms with E-state index in [1.165, 1.54) is 0 Å². The Bertz CT molecular complexity index is 523. The molecule has 1 aromatic heterocycles. The number of aryl methyl sites for hydroxylation is 1. The molecule has 2 N–H and O–H groups in total. The molecule has 1 fully saturated rings. The topological polar surface area (TPSA) is 86.3 Å². The van der Waals surface area contributed by atoms with E-state index in [9.17, 15) is 4.79 Å². The van der Waals surface area contributed by atoms with Gasteiger partial charge < -0.3 is 15.4 Å². The van der Waals surface area contributed by atoms with Crippen molar-refractivity contribution in [3.05, 3.63) is 12.2 Å². The van der Waals surface area contributed by atoms with Crippen LogP contribution in [0.1, 0.15) is 46.4 Å². The molecule has 1 saturated heterocycles. The fourth-order valence-electron chi connectivity index (χ4n) is 2.85. The second-order valence-corrected chi connectivity index (χ2v) is 7.24. The van der Waals surface area contributed by atoms with E-state index in [0.717, 1.165) is 25.2 Å². The first-order valence-corrected chi connectivity index (χ1v) is 8.40. The van der Waals surface area contributed by atoms with E-state index in [0.29, 0.717) is 19.5 Å². The summed E-state index contributed by atoms with van der Waals surface area (Å²) in [6, 6.07) is -0.0257. The summed E-state index contributed by atoms with van der Waals surface area (Å²) in [5, 5.41) is 4.23. The largest absolute Gasteiger partial charge is 0.444 e. The molecule has 0 bridgehead atoms. The van der Waals surface area contributed by atoms with Gasteiger partial charge in [-0.15, -0.1) is 0 Å². The molecule has 0 saturated carbocycles. The Balaban J connectivity index is 1.88. The molecule has 2 unspecified atom stereocenters. The zero-order valence-electron chi connectivity index (χ0n) is 14.7. The SMILES string of the molecule is CCCn1ncnc1CC(N)C1CCN(C(=O)OC(C)(C)C)C1. The number of ether oxygens (including phenoxy) is 1. The van der Waals surface area contributed by atoms with Crippen LogP contribution in [0.15, 0.2) is 6.33 Å². The molecule has 0 spiro atoms. The number of hydrogen-bond donors (Lipinski definition) is 1. The fraction of sp³-hybridized carbons (Fsp3) is 0.812. The number of carbonyl (C=O) groups excluding carboxylic acids is 1. The van der Waals surface area contributed by atoms with Crippen LogP contribution in [-0.4, -0.2) is 50.5 Å². The molecular weight excluding hydrogens is 294 g/mol. The van der Waals surface area contributed by atoms with Gasteiger partial charge in [0.2, 0.25) is 0 Å². The highest BCUT2D eigenvalue weighted by Crippen LogP contribution is 2.22. The summed E-state index contributed by atoms with van der Waals surface area (Å²) in [6.07, 6.45) is 3.94. The monoisotopic (exact) mass is 323 g/mol. The van der Waals surface area contributed by atoms with Crippen LogP contribution in [0.25, 0.3) is 0 Å². The summed E-state index contributed by atoms with van der Waals surface area (Å²) in [4.78, 5) is 18.2. The van der Waals surface area contributed by atoms with Crippen molar-refractivity contribution in [2.45, 2.75) is 65.1 Å². The standard InChI is InChI=1S/C16H29N5O2/c1-5-7-21-14(18-11-19-21)9-13(17)12-6-8-20(10-12)15(22)23-16(2,3)4/h11-13H,5-10,17H2,1-4H3. The molecule has 0 aromatic carbocycles. The van der Waals surface area contributed by atoms with Gasteiger partial charge in [-0.25, -0.2) is 9.78 Å². The summed E-state index contributed by atoms with van der Waals surface area (Å²) in [7, 11) is 0. The third-order valence-corrected chi connectivity index (χ3v) is 4.03. The van der Waals surface area contributed by atoms with Crippen molar-refractivity contribution in [1.29, 1.82) is 0 Å². The normalized spacial score (nSPS) is 19.9. The molecule has 0 radical (unpaired) electrons. The summed E-state index contributed by atoms with van der Waals surface area (Å²) < 4.78 is 7.34. The first-order valence-electron chi connectivity index (χ1n) is 8.40. The predicted molar refractivity (Wildman–Crippen MR) is 87.9 cm³/mol. The summed E-state index contributed by atoms with van der Waals surface area (Å²) in [5.41, 5.74) is 5.90.